The van der Waals surface area contributed by atoms with Crippen LogP contribution >= 0.6 is 0 Å². The predicted octanol–water partition coefficient (Wildman–Crippen LogP) is 1.59. The monoisotopic (exact) mass is 194 g/mol. The average molecular weight is 194 g/mol. The molecule has 14 heavy (non-hydrogen) atoms. The van der Waals surface area contributed by atoms with Gasteiger partial charge in [-0.15, -0.1) is 6.58 Å². The fraction of sp³-hybridized carbons (Fsp3) is 0.545. The third kappa shape index (κ3) is 1.87. The van der Waals surface area contributed by atoms with Crippen LogP contribution < -0.4 is 0 Å². The van der Waals surface area contributed by atoms with Gasteiger partial charge in [0.15, 0.2) is 6.10 Å². The van der Waals surface area contributed by atoms with Gasteiger partial charge < -0.3 is 9.47 Å². The van der Waals surface area contributed by atoms with Crippen LogP contribution in [0.1, 0.15) is 19.3 Å². The van der Waals surface area contributed by atoms with E-state index in [9.17, 15) is 4.79 Å². The molecule has 3 atom stereocenters. The molecule has 0 unspecified atom stereocenters. The fourth-order valence-corrected chi connectivity index (χ4v) is 1.67. The lowest BCUT2D eigenvalue weighted by molar-refractivity contribution is -0.149. The van der Waals surface area contributed by atoms with E-state index in [1.54, 1.807) is 0 Å². The molecule has 0 aromatic heterocycles. The minimum atomic E-state index is -0.239. The number of carbonyl (C=O) groups excluding carboxylic acids is 1. The summed E-state index contributed by atoms with van der Waals surface area (Å²) in [5, 5.41) is 0. The Kier molecular flexibility index (Phi) is 2.68. The molecule has 2 saturated heterocycles. The highest BCUT2D eigenvalue weighted by Crippen LogP contribution is 2.37. The molecule has 2 aliphatic heterocycles. The first kappa shape index (κ1) is 9.46. The van der Waals surface area contributed by atoms with Gasteiger partial charge in [-0.3, -0.25) is 0 Å². The summed E-state index contributed by atoms with van der Waals surface area (Å²) in [7, 11) is 0. The SMILES string of the molecule is C=CC/C=C\CC[C@H]1OC(=O)[C@@H]2O[C@H]12. The van der Waals surface area contributed by atoms with E-state index in [2.05, 4.69) is 18.7 Å². The molecule has 0 N–H and O–H groups in total. The zero-order valence-electron chi connectivity index (χ0n) is 8.02. The Bertz CT molecular complexity index is 270. The van der Waals surface area contributed by atoms with Crippen molar-refractivity contribution in [3.8, 4) is 0 Å². The maximum absolute atomic E-state index is 11.0. The largest absolute Gasteiger partial charge is 0.457 e. The molecule has 0 aliphatic carbocycles. The number of allylic oxidation sites excluding steroid dienone is 3. The number of rotatable bonds is 5. The summed E-state index contributed by atoms with van der Waals surface area (Å²) in [6.07, 6.45) is 8.49. The molecule has 0 aromatic rings. The number of hydrogen-bond acceptors (Lipinski definition) is 3. The standard InChI is InChI=1S/C11H14O3/c1-2-3-4-5-6-7-8-9-10(14-9)11(12)13-8/h2,4-5,8-10H,1,3,6-7H2/b5-4-/t8-,9-,10-/m1/s1. The normalized spacial score (nSPS) is 34.3. The Labute approximate surface area is 83.4 Å². The molecule has 0 bridgehead atoms. The number of epoxide rings is 1. The maximum Gasteiger partial charge on any atom is 0.338 e. The van der Waals surface area contributed by atoms with Crippen LogP contribution in [0.5, 0.6) is 0 Å². The van der Waals surface area contributed by atoms with Crippen LogP contribution in [-0.2, 0) is 14.3 Å². The summed E-state index contributed by atoms with van der Waals surface area (Å²) in [4.78, 5) is 11.0. The summed E-state index contributed by atoms with van der Waals surface area (Å²) >= 11 is 0. The minimum absolute atomic E-state index is 0.0131. The van der Waals surface area contributed by atoms with Crippen molar-refractivity contribution in [1.82, 2.24) is 0 Å². The van der Waals surface area contributed by atoms with Crippen molar-refractivity contribution in [2.45, 2.75) is 37.6 Å². The van der Waals surface area contributed by atoms with Crippen molar-refractivity contribution >= 4 is 5.97 Å². The highest BCUT2D eigenvalue weighted by atomic mass is 16.7. The number of cyclic esters (lactones) is 1. The topological polar surface area (TPSA) is 38.8 Å². The van der Waals surface area contributed by atoms with E-state index >= 15 is 0 Å². The molecule has 3 nitrogen and oxygen atoms in total. The Hall–Kier alpha value is -1.09. The predicted molar refractivity (Wildman–Crippen MR) is 51.7 cm³/mol. The van der Waals surface area contributed by atoms with Crippen LogP contribution in [0.2, 0.25) is 0 Å². The Morgan fingerprint density at radius 3 is 2.86 bits per heavy atom. The highest BCUT2D eigenvalue weighted by molar-refractivity contribution is 5.81. The van der Waals surface area contributed by atoms with Gasteiger partial charge in [-0.2, -0.15) is 0 Å². The lowest BCUT2D eigenvalue weighted by Gasteiger charge is -2.08. The van der Waals surface area contributed by atoms with E-state index in [-0.39, 0.29) is 24.3 Å². The number of ether oxygens (including phenoxy) is 2. The van der Waals surface area contributed by atoms with Gasteiger partial charge in [-0.25, -0.2) is 4.79 Å². The van der Waals surface area contributed by atoms with Gasteiger partial charge in [0.25, 0.3) is 0 Å². The van der Waals surface area contributed by atoms with Gasteiger partial charge in [0.2, 0.25) is 0 Å². The number of esters is 1. The molecule has 3 heteroatoms. The number of carbonyl (C=O) groups is 1. The zero-order chi connectivity index (χ0) is 9.97. The molecule has 0 aromatic carbocycles. The maximum atomic E-state index is 11.0. The lowest BCUT2D eigenvalue weighted by Crippen LogP contribution is -2.15. The van der Waals surface area contributed by atoms with Crippen LogP contribution in [0.25, 0.3) is 0 Å². The molecule has 2 rings (SSSR count). The summed E-state index contributed by atoms with van der Waals surface area (Å²) in [6.45, 7) is 3.62. The average Bonchev–Trinajstić information content (AvgIpc) is 2.90. The zero-order valence-corrected chi connectivity index (χ0v) is 8.02. The molecule has 0 spiro atoms. The number of fused-ring (bicyclic) bond motifs is 1. The number of hydrogen-bond donors (Lipinski definition) is 0. The van der Waals surface area contributed by atoms with Crippen molar-refractivity contribution in [3.63, 3.8) is 0 Å². The van der Waals surface area contributed by atoms with Crippen molar-refractivity contribution in [1.29, 1.82) is 0 Å². The van der Waals surface area contributed by atoms with E-state index in [1.807, 2.05) is 6.08 Å². The second-order valence-electron chi connectivity index (χ2n) is 3.57. The molecular weight excluding hydrogens is 180 g/mol. The lowest BCUT2D eigenvalue weighted by atomic mass is 10.1. The van der Waals surface area contributed by atoms with Crippen LogP contribution in [0.15, 0.2) is 24.8 Å². The molecule has 0 amide bonds. The summed E-state index contributed by atoms with van der Waals surface area (Å²) in [5.41, 5.74) is 0. The molecule has 76 valence electrons. The molecule has 2 aliphatic rings. The van der Waals surface area contributed by atoms with Gasteiger partial charge >= 0.3 is 5.97 Å². The first-order valence-corrected chi connectivity index (χ1v) is 4.95. The molecule has 2 heterocycles. The van der Waals surface area contributed by atoms with E-state index in [4.69, 9.17) is 9.47 Å². The van der Waals surface area contributed by atoms with Crippen LogP contribution in [0.3, 0.4) is 0 Å². The highest BCUT2D eigenvalue weighted by Gasteiger charge is 2.58. The van der Waals surface area contributed by atoms with E-state index in [0.29, 0.717) is 0 Å². The van der Waals surface area contributed by atoms with Gasteiger partial charge in [-0.05, 0) is 19.3 Å². The first-order valence-electron chi connectivity index (χ1n) is 4.95. The van der Waals surface area contributed by atoms with Crippen molar-refractivity contribution in [3.05, 3.63) is 24.8 Å². The summed E-state index contributed by atoms with van der Waals surface area (Å²) in [6, 6.07) is 0. The minimum Gasteiger partial charge on any atom is -0.457 e. The van der Waals surface area contributed by atoms with Gasteiger partial charge in [0.05, 0.1) is 0 Å². The Balaban J connectivity index is 1.67. The second-order valence-corrected chi connectivity index (χ2v) is 3.57. The van der Waals surface area contributed by atoms with Crippen molar-refractivity contribution < 1.29 is 14.3 Å². The van der Waals surface area contributed by atoms with E-state index in [0.717, 1.165) is 19.3 Å². The third-order valence-corrected chi connectivity index (χ3v) is 2.48. The quantitative estimate of drug-likeness (QED) is 0.379. The third-order valence-electron chi connectivity index (χ3n) is 2.48. The molecule has 0 saturated carbocycles. The smallest absolute Gasteiger partial charge is 0.338 e. The second kappa shape index (κ2) is 3.96. The van der Waals surface area contributed by atoms with E-state index < -0.39 is 0 Å². The molecular formula is C11H14O3. The van der Waals surface area contributed by atoms with Gasteiger partial charge in [-0.1, -0.05) is 18.2 Å². The summed E-state index contributed by atoms with van der Waals surface area (Å²) < 4.78 is 10.3. The molecule has 0 radical (unpaired) electrons. The van der Waals surface area contributed by atoms with Crippen LogP contribution in [0.4, 0.5) is 0 Å². The molecule has 2 fully saturated rings. The van der Waals surface area contributed by atoms with Crippen molar-refractivity contribution in [2.75, 3.05) is 0 Å². The summed E-state index contributed by atoms with van der Waals surface area (Å²) in [5.74, 6) is -0.185. The fourth-order valence-electron chi connectivity index (χ4n) is 1.67. The van der Waals surface area contributed by atoms with Crippen LogP contribution in [-0.4, -0.2) is 24.3 Å². The Morgan fingerprint density at radius 1 is 1.43 bits per heavy atom. The van der Waals surface area contributed by atoms with Gasteiger partial charge in [0, 0.05) is 0 Å². The van der Waals surface area contributed by atoms with Crippen molar-refractivity contribution in [2.24, 2.45) is 0 Å². The Morgan fingerprint density at radius 2 is 2.29 bits per heavy atom. The first-order chi connectivity index (χ1) is 6.83. The van der Waals surface area contributed by atoms with Crippen LogP contribution in [0, 0.1) is 0 Å². The van der Waals surface area contributed by atoms with Gasteiger partial charge in [0.1, 0.15) is 12.2 Å². The van der Waals surface area contributed by atoms with E-state index in [1.165, 1.54) is 0 Å².